The maximum Gasteiger partial charge on any atom is 0.420 e. The molecular weight excluding hydrogens is 410 g/mol. The molecule has 1 aromatic carbocycles. The lowest BCUT2D eigenvalue weighted by molar-refractivity contribution is -0.140. The molecule has 0 spiro atoms. The number of rotatable bonds is 5. The van der Waals surface area contributed by atoms with Crippen LogP contribution in [0.5, 0.6) is 17.4 Å². The van der Waals surface area contributed by atoms with Crippen LogP contribution in [-0.2, 0) is 15.8 Å². The first kappa shape index (κ1) is 21.3. The predicted molar refractivity (Wildman–Crippen MR) is 96.7 cm³/mol. The van der Waals surface area contributed by atoms with Gasteiger partial charge in [-0.1, -0.05) is 0 Å². The average Bonchev–Trinajstić information content (AvgIpc) is 3.00. The number of hydrogen-bond donors (Lipinski definition) is 1. The molecule has 1 N–H and O–H groups in total. The first-order valence-electron chi connectivity index (χ1n) is 8.76. The Bertz CT molecular complexity index is 981. The number of ether oxygens (including phenoxy) is 2. The molecule has 0 unspecified atom stereocenters. The fourth-order valence-corrected chi connectivity index (χ4v) is 2.98. The number of aromatic nitrogens is 1. The highest BCUT2D eigenvalue weighted by Gasteiger charge is 2.35. The van der Waals surface area contributed by atoms with Crippen molar-refractivity contribution in [3.05, 3.63) is 41.8 Å². The summed E-state index contributed by atoms with van der Waals surface area (Å²) in [5, 5.41) is 2.64. The van der Waals surface area contributed by atoms with E-state index in [1.54, 1.807) is 0 Å². The predicted octanol–water partition coefficient (Wildman–Crippen LogP) is 3.60. The lowest BCUT2D eigenvalue weighted by Gasteiger charge is -2.20. The number of likely N-dealkylation sites (N-methyl/N-ethyl adjacent to an activating group) is 1. The van der Waals surface area contributed by atoms with E-state index in [0.717, 1.165) is 6.07 Å². The van der Waals surface area contributed by atoms with Crippen LogP contribution < -0.4 is 14.8 Å². The third-order valence-electron chi connectivity index (χ3n) is 4.58. The molecule has 2 aromatic rings. The number of carbonyl (C=O) groups is 2. The molecule has 30 heavy (non-hydrogen) atoms. The van der Waals surface area contributed by atoms with E-state index < -0.39 is 35.5 Å². The summed E-state index contributed by atoms with van der Waals surface area (Å²) in [7, 11) is 2.91. The van der Waals surface area contributed by atoms with Crippen LogP contribution in [0.1, 0.15) is 18.4 Å². The van der Waals surface area contributed by atoms with Crippen molar-refractivity contribution in [1.82, 2.24) is 9.88 Å². The second-order valence-electron chi connectivity index (χ2n) is 6.50. The van der Waals surface area contributed by atoms with E-state index in [0.29, 0.717) is 12.5 Å². The normalized spacial score (nSPS) is 16.5. The van der Waals surface area contributed by atoms with Gasteiger partial charge in [-0.3, -0.25) is 9.59 Å². The molecule has 2 heterocycles. The molecule has 0 radical (unpaired) electrons. The summed E-state index contributed by atoms with van der Waals surface area (Å²) in [5.74, 6) is -2.32. The van der Waals surface area contributed by atoms with E-state index in [9.17, 15) is 27.2 Å². The quantitative estimate of drug-likeness (QED) is 0.583. The van der Waals surface area contributed by atoms with Crippen molar-refractivity contribution in [2.45, 2.75) is 25.1 Å². The molecule has 160 valence electrons. The number of halogens is 4. The zero-order valence-electron chi connectivity index (χ0n) is 15.9. The summed E-state index contributed by atoms with van der Waals surface area (Å²) in [6, 6.07) is 4.98. The number of nitrogens with zero attached hydrogens (tertiary/aromatic N) is 2. The molecule has 7 nitrogen and oxygen atoms in total. The molecule has 0 saturated carbocycles. The summed E-state index contributed by atoms with van der Waals surface area (Å²) in [4.78, 5) is 28.7. The van der Waals surface area contributed by atoms with Gasteiger partial charge in [-0.15, -0.1) is 0 Å². The van der Waals surface area contributed by atoms with Crippen molar-refractivity contribution in [3.63, 3.8) is 0 Å². The maximum absolute atomic E-state index is 13.6. The van der Waals surface area contributed by atoms with Crippen LogP contribution in [0.2, 0.25) is 0 Å². The Morgan fingerprint density at radius 1 is 1.27 bits per heavy atom. The number of likely N-dealkylation sites (tertiary alicyclic amines) is 1. The monoisotopic (exact) mass is 427 g/mol. The minimum atomic E-state index is -4.87. The first-order valence-corrected chi connectivity index (χ1v) is 8.76. The van der Waals surface area contributed by atoms with Gasteiger partial charge in [0.15, 0.2) is 0 Å². The Morgan fingerprint density at radius 2 is 2.00 bits per heavy atom. The molecule has 1 aliphatic heterocycles. The van der Waals surface area contributed by atoms with Gasteiger partial charge < -0.3 is 19.7 Å². The molecule has 2 amide bonds. The number of alkyl halides is 3. The lowest BCUT2D eigenvalue weighted by atomic mass is 10.2. The number of benzene rings is 1. The van der Waals surface area contributed by atoms with E-state index >= 15 is 0 Å². The Kier molecular flexibility index (Phi) is 5.81. The number of anilines is 1. The third-order valence-corrected chi connectivity index (χ3v) is 4.58. The van der Waals surface area contributed by atoms with Crippen molar-refractivity contribution in [3.8, 4) is 17.4 Å². The third kappa shape index (κ3) is 4.44. The van der Waals surface area contributed by atoms with E-state index in [1.165, 1.54) is 37.3 Å². The summed E-state index contributed by atoms with van der Waals surface area (Å²) in [6.45, 7) is 0. The molecule has 1 fully saturated rings. The molecule has 0 aliphatic carbocycles. The van der Waals surface area contributed by atoms with E-state index in [2.05, 4.69) is 10.3 Å². The van der Waals surface area contributed by atoms with Gasteiger partial charge in [0, 0.05) is 25.6 Å². The zero-order valence-corrected chi connectivity index (χ0v) is 15.9. The van der Waals surface area contributed by atoms with E-state index in [-0.39, 0.29) is 29.5 Å². The molecule has 1 aliphatic rings. The van der Waals surface area contributed by atoms with Crippen molar-refractivity contribution >= 4 is 17.5 Å². The molecule has 1 saturated heterocycles. The van der Waals surface area contributed by atoms with Gasteiger partial charge in [0.1, 0.15) is 23.1 Å². The molecular formula is C19H17F4N3O4. The summed E-state index contributed by atoms with van der Waals surface area (Å²) in [6.07, 6.45) is -4.24. The van der Waals surface area contributed by atoms with E-state index in [4.69, 9.17) is 9.47 Å². The summed E-state index contributed by atoms with van der Waals surface area (Å²) in [5.41, 5.74) is -1.30. The number of amides is 2. The molecule has 3 rings (SSSR count). The number of methoxy groups -OCH3 is 1. The largest absolute Gasteiger partial charge is 0.495 e. The number of carbonyl (C=O) groups excluding carboxylic acids is 2. The van der Waals surface area contributed by atoms with Gasteiger partial charge in [0.2, 0.25) is 23.6 Å². The highest BCUT2D eigenvalue weighted by atomic mass is 19.4. The van der Waals surface area contributed by atoms with Crippen LogP contribution >= 0.6 is 0 Å². The Labute approximate surface area is 168 Å². The molecule has 11 heteroatoms. The number of nitrogens with one attached hydrogen (secondary N) is 1. The van der Waals surface area contributed by atoms with Crippen molar-refractivity contribution in [2.75, 3.05) is 19.5 Å². The second-order valence-corrected chi connectivity index (χ2v) is 6.50. The smallest absolute Gasteiger partial charge is 0.420 e. The zero-order chi connectivity index (χ0) is 22.1. The Hall–Kier alpha value is -3.37. The summed E-state index contributed by atoms with van der Waals surface area (Å²) >= 11 is 0. The molecule has 1 aromatic heterocycles. The van der Waals surface area contributed by atoms with Crippen LogP contribution in [0.3, 0.4) is 0 Å². The average molecular weight is 427 g/mol. The summed E-state index contributed by atoms with van der Waals surface area (Å²) < 4.78 is 62.1. The molecule has 0 bridgehead atoms. The lowest BCUT2D eigenvalue weighted by Crippen LogP contribution is -2.38. The standard InChI is InChI=1S/C19H17F4N3O4/c1-26-13(5-8-16(26)27)18(28)24-12-9-10(3-6-14(12)29-2)30-15-7-4-11(17(20)25-15)19(21,22)23/h3-4,6-7,9,13H,5,8H2,1-2H3,(H,24,28)/t13-/m1/s1. The van der Waals surface area contributed by atoms with Crippen molar-refractivity contribution < 1.29 is 36.6 Å². The highest BCUT2D eigenvalue weighted by Crippen LogP contribution is 2.34. The Balaban J connectivity index is 1.80. The maximum atomic E-state index is 13.6. The topological polar surface area (TPSA) is 80.8 Å². The molecule has 1 atom stereocenters. The van der Waals surface area contributed by atoms with Crippen LogP contribution in [-0.4, -0.2) is 41.9 Å². The van der Waals surface area contributed by atoms with Gasteiger partial charge in [-0.2, -0.15) is 22.5 Å². The number of pyridine rings is 1. The van der Waals surface area contributed by atoms with Crippen LogP contribution in [0.25, 0.3) is 0 Å². The van der Waals surface area contributed by atoms with Gasteiger partial charge >= 0.3 is 6.18 Å². The second kappa shape index (κ2) is 8.17. The minimum Gasteiger partial charge on any atom is -0.495 e. The SMILES string of the molecule is COc1ccc(Oc2ccc(C(F)(F)F)c(F)n2)cc1NC(=O)[C@H]1CCC(=O)N1C. The Morgan fingerprint density at radius 3 is 2.57 bits per heavy atom. The minimum absolute atomic E-state index is 0.0774. The van der Waals surface area contributed by atoms with Gasteiger partial charge in [0.05, 0.1) is 12.8 Å². The number of hydrogen-bond acceptors (Lipinski definition) is 5. The highest BCUT2D eigenvalue weighted by molar-refractivity contribution is 5.99. The van der Waals surface area contributed by atoms with Gasteiger partial charge in [0.25, 0.3) is 0 Å². The van der Waals surface area contributed by atoms with Crippen LogP contribution in [0, 0.1) is 5.95 Å². The van der Waals surface area contributed by atoms with Crippen molar-refractivity contribution in [2.24, 2.45) is 0 Å². The first-order chi connectivity index (χ1) is 14.1. The van der Waals surface area contributed by atoms with Crippen LogP contribution in [0.4, 0.5) is 23.2 Å². The fraction of sp³-hybridized carbons (Fsp3) is 0.316. The van der Waals surface area contributed by atoms with Gasteiger partial charge in [-0.05, 0) is 24.6 Å². The van der Waals surface area contributed by atoms with Crippen LogP contribution in [0.15, 0.2) is 30.3 Å². The van der Waals surface area contributed by atoms with Gasteiger partial charge in [-0.25, -0.2) is 0 Å². The fourth-order valence-electron chi connectivity index (χ4n) is 2.98. The van der Waals surface area contributed by atoms with Crippen molar-refractivity contribution in [1.29, 1.82) is 0 Å². The van der Waals surface area contributed by atoms with E-state index in [1.807, 2.05) is 0 Å².